The zero-order valence-corrected chi connectivity index (χ0v) is 16.8. The van der Waals surface area contributed by atoms with Gasteiger partial charge in [-0.05, 0) is 57.0 Å². The number of Topliss-reactive ketones (excluding diaryl/α,β-unsaturated/α-hetero) is 1. The van der Waals surface area contributed by atoms with Gasteiger partial charge in [-0.1, -0.05) is 29.8 Å². The normalized spacial score (nSPS) is 20.6. The predicted octanol–water partition coefficient (Wildman–Crippen LogP) is 3.99. The van der Waals surface area contributed by atoms with E-state index in [4.69, 9.17) is 0 Å². The molecule has 6 nitrogen and oxygen atoms in total. The maximum Gasteiger partial charge on any atom is 0.255 e. The largest absolute Gasteiger partial charge is 0.322 e. The monoisotopic (exact) mass is 402 g/mol. The molecule has 30 heavy (non-hydrogen) atoms. The van der Waals surface area contributed by atoms with E-state index in [-0.39, 0.29) is 35.3 Å². The number of carbonyl (C=O) groups is 4. The summed E-state index contributed by atoms with van der Waals surface area (Å²) < 4.78 is 0. The molecule has 1 N–H and O–H groups in total. The van der Waals surface area contributed by atoms with Gasteiger partial charge in [0.1, 0.15) is 0 Å². The molecule has 2 atom stereocenters. The van der Waals surface area contributed by atoms with Crippen LogP contribution >= 0.6 is 0 Å². The minimum absolute atomic E-state index is 0.0923. The number of imide groups is 1. The number of fused-ring (bicyclic) bond motifs is 1. The summed E-state index contributed by atoms with van der Waals surface area (Å²) in [6.07, 6.45) is 3.19. The molecule has 152 valence electrons. The zero-order chi connectivity index (χ0) is 21.4. The lowest BCUT2D eigenvalue weighted by atomic mass is 9.82. The van der Waals surface area contributed by atoms with Crippen molar-refractivity contribution in [3.05, 3.63) is 71.3 Å². The van der Waals surface area contributed by atoms with E-state index in [2.05, 4.69) is 5.32 Å². The van der Waals surface area contributed by atoms with Crippen molar-refractivity contribution >= 4 is 34.9 Å². The first-order valence-electron chi connectivity index (χ1n) is 9.91. The van der Waals surface area contributed by atoms with Crippen molar-refractivity contribution in [1.82, 2.24) is 0 Å². The number of nitrogens with zero attached hydrogens (tertiary/aromatic N) is 1. The van der Waals surface area contributed by atoms with Crippen LogP contribution in [0.3, 0.4) is 0 Å². The third-order valence-electron chi connectivity index (χ3n) is 5.72. The van der Waals surface area contributed by atoms with Crippen LogP contribution in [0.25, 0.3) is 0 Å². The van der Waals surface area contributed by atoms with Crippen LogP contribution in [-0.4, -0.2) is 23.5 Å². The van der Waals surface area contributed by atoms with Crippen molar-refractivity contribution in [1.29, 1.82) is 0 Å². The topological polar surface area (TPSA) is 83.6 Å². The van der Waals surface area contributed by atoms with E-state index in [0.717, 1.165) is 5.57 Å². The number of amides is 3. The molecule has 0 unspecified atom stereocenters. The first kappa shape index (κ1) is 19.8. The van der Waals surface area contributed by atoms with E-state index in [1.807, 2.05) is 13.0 Å². The first-order chi connectivity index (χ1) is 14.3. The molecule has 3 amide bonds. The fourth-order valence-corrected chi connectivity index (χ4v) is 4.10. The predicted molar refractivity (Wildman–Crippen MR) is 113 cm³/mol. The van der Waals surface area contributed by atoms with E-state index in [1.165, 1.54) is 11.8 Å². The van der Waals surface area contributed by atoms with Gasteiger partial charge in [0.25, 0.3) is 5.91 Å². The minimum atomic E-state index is -0.383. The molecule has 0 saturated carbocycles. The highest BCUT2D eigenvalue weighted by molar-refractivity contribution is 6.22. The molecule has 1 heterocycles. The van der Waals surface area contributed by atoms with Gasteiger partial charge in [-0.2, -0.15) is 0 Å². The molecule has 1 aliphatic heterocycles. The summed E-state index contributed by atoms with van der Waals surface area (Å²) >= 11 is 0. The van der Waals surface area contributed by atoms with Crippen molar-refractivity contribution in [2.24, 2.45) is 11.8 Å². The van der Waals surface area contributed by atoms with E-state index in [0.29, 0.717) is 35.3 Å². The van der Waals surface area contributed by atoms with Crippen LogP contribution in [0.5, 0.6) is 0 Å². The van der Waals surface area contributed by atoms with Crippen LogP contribution in [0, 0.1) is 11.8 Å². The summed E-state index contributed by atoms with van der Waals surface area (Å²) in [5.41, 5.74) is 2.85. The average molecular weight is 402 g/mol. The SMILES string of the molecule is CC(=O)c1cccc(NC(=O)c2cccc(N3C(=O)[C@H]4CC=C(C)C[C@@H]4C3=O)c2)c1. The maximum atomic E-state index is 12.9. The van der Waals surface area contributed by atoms with Gasteiger partial charge in [0.2, 0.25) is 11.8 Å². The summed E-state index contributed by atoms with van der Waals surface area (Å²) in [5, 5.41) is 2.76. The van der Waals surface area contributed by atoms with Crippen LogP contribution in [0.2, 0.25) is 0 Å². The molecule has 0 bridgehead atoms. The number of nitrogens with one attached hydrogen (secondary N) is 1. The Bertz CT molecular complexity index is 1100. The molecule has 2 aromatic carbocycles. The summed E-state index contributed by atoms with van der Waals surface area (Å²) in [7, 11) is 0. The number of ketones is 1. The number of hydrogen-bond donors (Lipinski definition) is 1. The smallest absolute Gasteiger partial charge is 0.255 e. The van der Waals surface area contributed by atoms with Crippen LogP contribution in [0.4, 0.5) is 11.4 Å². The van der Waals surface area contributed by atoms with E-state index in [1.54, 1.807) is 48.5 Å². The lowest BCUT2D eigenvalue weighted by Crippen LogP contribution is -2.31. The summed E-state index contributed by atoms with van der Waals surface area (Å²) in [5.74, 6) is -1.54. The van der Waals surface area contributed by atoms with Gasteiger partial charge in [0.05, 0.1) is 17.5 Å². The van der Waals surface area contributed by atoms with E-state index < -0.39 is 0 Å². The Balaban J connectivity index is 1.57. The van der Waals surface area contributed by atoms with Crippen molar-refractivity contribution in [2.75, 3.05) is 10.2 Å². The summed E-state index contributed by atoms with van der Waals surface area (Å²) in [6.45, 7) is 3.44. The third-order valence-corrected chi connectivity index (χ3v) is 5.72. The number of allylic oxidation sites excluding steroid dienone is 2. The van der Waals surface area contributed by atoms with Crippen molar-refractivity contribution in [2.45, 2.75) is 26.7 Å². The van der Waals surface area contributed by atoms with Gasteiger partial charge in [-0.15, -0.1) is 0 Å². The first-order valence-corrected chi connectivity index (χ1v) is 9.91. The molecule has 1 aliphatic carbocycles. The van der Waals surface area contributed by atoms with Gasteiger partial charge in [-0.3, -0.25) is 24.1 Å². The Morgan fingerprint density at radius 3 is 2.43 bits per heavy atom. The molecular weight excluding hydrogens is 380 g/mol. The fraction of sp³-hybridized carbons (Fsp3) is 0.250. The second kappa shape index (κ2) is 7.71. The van der Waals surface area contributed by atoms with Crippen LogP contribution in [0.15, 0.2) is 60.2 Å². The molecule has 0 radical (unpaired) electrons. The molecule has 4 rings (SSSR count). The second-order valence-corrected chi connectivity index (χ2v) is 7.86. The quantitative estimate of drug-likeness (QED) is 0.476. The summed E-state index contributed by atoms with van der Waals surface area (Å²) in [6, 6.07) is 13.2. The highest BCUT2D eigenvalue weighted by Gasteiger charge is 2.48. The van der Waals surface area contributed by atoms with Crippen LogP contribution in [-0.2, 0) is 9.59 Å². The minimum Gasteiger partial charge on any atom is -0.322 e. The molecule has 1 saturated heterocycles. The van der Waals surface area contributed by atoms with Crippen LogP contribution < -0.4 is 10.2 Å². The highest BCUT2D eigenvalue weighted by atomic mass is 16.2. The molecule has 6 heteroatoms. The van der Waals surface area contributed by atoms with Crippen LogP contribution in [0.1, 0.15) is 47.4 Å². The lowest BCUT2D eigenvalue weighted by molar-refractivity contribution is -0.122. The average Bonchev–Trinajstić information content (AvgIpc) is 2.98. The lowest BCUT2D eigenvalue weighted by Gasteiger charge is -2.18. The van der Waals surface area contributed by atoms with Crippen molar-refractivity contribution in [3.8, 4) is 0 Å². The molecule has 2 aromatic rings. The van der Waals surface area contributed by atoms with Gasteiger partial charge in [-0.25, -0.2) is 0 Å². The Labute approximate surface area is 174 Å². The third kappa shape index (κ3) is 3.56. The van der Waals surface area contributed by atoms with E-state index >= 15 is 0 Å². The standard InChI is InChI=1S/C24H22N2O4/c1-14-9-10-20-21(11-14)24(30)26(23(20)29)19-8-4-6-17(13-19)22(28)25-18-7-3-5-16(12-18)15(2)27/h3-9,12-13,20-21H,10-11H2,1-2H3,(H,25,28)/t20-,21-/m0/s1. The Kier molecular flexibility index (Phi) is 5.08. The van der Waals surface area contributed by atoms with Gasteiger partial charge in [0.15, 0.2) is 5.78 Å². The second-order valence-electron chi connectivity index (χ2n) is 7.86. The maximum absolute atomic E-state index is 12.9. The number of carbonyl (C=O) groups excluding carboxylic acids is 4. The highest BCUT2D eigenvalue weighted by Crippen LogP contribution is 2.39. The van der Waals surface area contributed by atoms with E-state index in [9.17, 15) is 19.2 Å². The summed E-state index contributed by atoms with van der Waals surface area (Å²) in [4.78, 5) is 51.3. The number of anilines is 2. The van der Waals surface area contributed by atoms with Gasteiger partial charge < -0.3 is 5.32 Å². The number of rotatable bonds is 4. The molecule has 2 aliphatic rings. The van der Waals surface area contributed by atoms with Crippen molar-refractivity contribution in [3.63, 3.8) is 0 Å². The number of benzene rings is 2. The number of hydrogen-bond acceptors (Lipinski definition) is 4. The Morgan fingerprint density at radius 1 is 0.967 bits per heavy atom. The Morgan fingerprint density at radius 2 is 1.67 bits per heavy atom. The molecule has 0 spiro atoms. The van der Waals surface area contributed by atoms with Gasteiger partial charge >= 0.3 is 0 Å². The molecule has 1 fully saturated rings. The fourth-order valence-electron chi connectivity index (χ4n) is 4.10. The van der Waals surface area contributed by atoms with Gasteiger partial charge in [0, 0.05) is 16.8 Å². The molecular formula is C24H22N2O4. The van der Waals surface area contributed by atoms with Crippen molar-refractivity contribution < 1.29 is 19.2 Å². The molecule has 0 aromatic heterocycles. The zero-order valence-electron chi connectivity index (χ0n) is 16.8. The Hall–Kier alpha value is -3.54.